The monoisotopic (exact) mass is 403 g/mol. The van der Waals surface area contributed by atoms with E-state index in [0.29, 0.717) is 11.3 Å². The zero-order chi connectivity index (χ0) is 20.3. The predicted molar refractivity (Wildman–Crippen MR) is 101 cm³/mol. The first-order chi connectivity index (χ1) is 13.2. The number of amidine groups is 1. The maximum Gasteiger partial charge on any atom is 0.340 e. The highest BCUT2D eigenvalue weighted by Crippen LogP contribution is 2.17. The summed E-state index contributed by atoms with van der Waals surface area (Å²) < 4.78 is 31.6. The van der Waals surface area contributed by atoms with Crippen LogP contribution in [0, 0.1) is 0 Å². The van der Waals surface area contributed by atoms with Crippen LogP contribution in [0.15, 0.2) is 52.6 Å². The number of nitrogens with one attached hydrogen (secondary N) is 1. The zero-order valence-corrected chi connectivity index (χ0v) is 15.7. The van der Waals surface area contributed by atoms with Gasteiger partial charge in [0.15, 0.2) is 12.4 Å². The number of benzene rings is 1. The third-order valence-corrected chi connectivity index (χ3v) is 5.08. The summed E-state index contributed by atoms with van der Waals surface area (Å²) in [5.74, 6) is -1.23. The Balaban J connectivity index is 1.59. The van der Waals surface area contributed by atoms with Crippen LogP contribution in [0.4, 0.5) is 5.69 Å². The van der Waals surface area contributed by atoms with E-state index in [1.54, 1.807) is 17.0 Å². The number of nitrogens with zero attached hydrogens (tertiary/aromatic N) is 2. The topological polar surface area (TPSA) is 122 Å². The van der Waals surface area contributed by atoms with Gasteiger partial charge in [-0.3, -0.25) is 9.59 Å². The highest BCUT2D eigenvalue weighted by Gasteiger charge is 2.25. The Bertz CT molecular complexity index is 1020. The number of Topliss-reactive ketones (excluding diaryl/α,β-unsaturated/α-hetero) is 1. The molecule has 0 atom stereocenters. The molecule has 10 heteroatoms. The molecule has 3 rings (SSSR count). The Morgan fingerprint density at radius 3 is 2.57 bits per heavy atom. The summed E-state index contributed by atoms with van der Waals surface area (Å²) in [4.78, 5) is 36.9. The average Bonchev–Trinajstić information content (AvgIpc) is 2.65. The lowest BCUT2D eigenvalue weighted by Crippen LogP contribution is -2.37. The summed E-state index contributed by atoms with van der Waals surface area (Å²) in [5, 5.41) is 2.59. The Hall–Kier alpha value is -3.27. The average molecular weight is 403 g/mol. The summed E-state index contributed by atoms with van der Waals surface area (Å²) >= 11 is 0. The number of rotatable bonds is 5. The number of amides is 1. The van der Waals surface area contributed by atoms with Crippen molar-refractivity contribution in [2.24, 2.45) is 4.40 Å². The quantitative estimate of drug-likeness (QED) is 0.572. The van der Waals surface area contributed by atoms with Gasteiger partial charge in [-0.1, -0.05) is 0 Å². The summed E-state index contributed by atoms with van der Waals surface area (Å²) in [5.41, 5.74) is 1.08. The van der Waals surface area contributed by atoms with Gasteiger partial charge in [0, 0.05) is 30.9 Å². The lowest BCUT2D eigenvalue weighted by molar-refractivity contribution is -0.137. The molecule has 2 heterocycles. The van der Waals surface area contributed by atoms with Gasteiger partial charge < -0.3 is 15.0 Å². The number of hydrogen-bond acceptors (Lipinski definition) is 7. The van der Waals surface area contributed by atoms with Crippen LogP contribution in [0.2, 0.25) is 0 Å². The number of esters is 1. The molecule has 28 heavy (non-hydrogen) atoms. The van der Waals surface area contributed by atoms with Crippen LogP contribution in [0.5, 0.6) is 0 Å². The number of carbonyl (C=O) groups excluding carboxylic acids is 3. The van der Waals surface area contributed by atoms with Crippen molar-refractivity contribution < 1.29 is 27.5 Å². The van der Waals surface area contributed by atoms with Gasteiger partial charge >= 0.3 is 5.97 Å². The number of ketones is 1. The first-order valence-corrected chi connectivity index (χ1v) is 9.91. The molecule has 0 aromatic heterocycles. The van der Waals surface area contributed by atoms with Crippen molar-refractivity contribution in [1.29, 1.82) is 0 Å². The van der Waals surface area contributed by atoms with E-state index in [9.17, 15) is 22.8 Å². The van der Waals surface area contributed by atoms with Crippen LogP contribution in [-0.4, -0.2) is 55.7 Å². The van der Waals surface area contributed by atoms with Gasteiger partial charge in [0.05, 0.1) is 11.3 Å². The summed E-state index contributed by atoms with van der Waals surface area (Å²) in [7, 11) is -3.47. The molecule has 1 aromatic rings. The molecular formula is C18H17N3O6S. The fourth-order valence-corrected chi connectivity index (χ4v) is 3.53. The van der Waals surface area contributed by atoms with E-state index >= 15 is 0 Å². The minimum Gasteiger partial charge on any atom is -0.454 e. The van der Waals surface area contributed by atoms with Gasteiger partial charge in [0.25, 0.3) is 10.0 Å². The highest BCUT2D eigenvalue weighted by atomic mass is 32.2. The maximum atomic E-state index is 12.2. The summed E-state index contributed by atoms with van der Waals surface area (Å²) in [6.07, 6.45) is 4.25. The van der Waals surface area contributed by atoms with Crippen LogP contribution < -0.4 is 5.32 Å². The molecule has 1 amide bonds. The minimum absolute atomic E-state index is 0.143. The van der Waals surface area contributed by atoms with Crippen molar-refractivity contribution in [2.75, 3.05) is 24.2 Å². The Morgan fingerprint density at radius 2 is 1.89 bits per heavy atom. The molecule has 0 fully saturated rings. The molecule has 1 N–H and O–H groups in total. The van der Waals surface area contributed by atoms with Crippen molar-refractivity contribution in [3.63, 3.8) is 0 Å². The fraction of sp³-hybridized carbons (Fsp3) is 0.222. The van der Waals surface area contributed by atoms with E-state index in [0.717, 1.165) is 0 Å². The number of anilines is 1. The first kappa shape index (κ1) is 19.5. The molecule has 2 aliphatic heterocycles. The molecule has 0 saturated carbocycles. The van der Waals surface area contributed by atoms with E-state index in [2.05, 4.69) is 9.71 Å². The van der Waals surface area contributed by atoms with Crippen LogP contribution >= 0.6 is 0 Å². The number of fused-ring (bicyclic) bond motifs is 1. The van der Waals surface area contributed by atoms with E-state index in [-0.39, 0.29) is 29.6 Å². The molecule has 0 unspecified atom stereocenters. The van der Waals surface area contributed by atoms with E-state index in [4.69, 9.17) is 4.74 Å². The number of ether oxygens (including phenoxy) is 1. The molecule has 0 radical (unpaired) electrons. The van der Waals surface area contributed by atoms with Crippen LogP contribution in [0.25, 0.3) is 0 Å². The largest absolute Gasteiger partial charge is 0.454 e. The SMILES string of the molecule is CC(=O)Nc1ccc(C(=O)COC(=O)C2=CN3CCS(=O)(=O)N=C3C=C2)cc1. The molecule has 0 aliphatic carbocycles. The van der Waals surface area contributed by atoms with Crippen molar-refractivity contribution in [3.8, 4) is 0 Å². The normalized spacial score (nSPS) is 17.1. The van der Waals surface area contributed by atoms with Crippen LogP contribution in [0.3, 0.4) is 0 Å². The van der Waals surface area contributed by atoms with Crippen molar-refractivity contribution in [2.45, 2.75) is 6.92 Å². The summed E-state index contributed by atoms with van der Waals surface area (Å²) in [6, 6.07) is 6.21. The second kappa shape index (κ2) is 7.77. The Kier molecular flexibility index (Phi) is 5.41. The van der Waals surface area contributed by atoms with Crippen molar-refractivity contribution in [1.82, 2.24) is 4.90 Å². The van der Waals surface area contributed by atoms with Gasteiger partial charge in [0.2, 0.25) is 5.91 Å². The second-order valence-electron chi connectivity index (χ2n) is 6.10. The first-order valence-electron chi connectivity index (χ1n) is 8.31. The Labute approximate surface area is 161 Å². The number of sulfonamides is 1. The van der Waals surface area contributed by atoms with Crippen molar-refractivity contribution >= 4 is 39.2 Å². The van der Waals surface area contributed by atoms with E-state index in [1.807, 2.05) is 0 Å². The second-order valence-corrected chi connectivity index (χ2v) is 7.86. The van der Waals surface area contributed by atoms with Gasteiger partial charge in [-0.05, 0) is 36.4 Å². The Morgan fingerprint density at radius 1 is 1.18 bits per heavy atom. The van der Waals surface area contributed by atoms with Gasteiger partial charge in [-0.15, -0.1) is 4.40 Å². The lowest BCUT2D eigenvalue weighted by Gasteiger charge is -2.26. The molecule has 9 nitrogen and oxygen atoms in total. The maximum absolute atomic E-state index is 12.2. The van der Waals surface area contributed by atoms with Crippen LogP contribution in [0.1, 0.15) is 17.3 Å². The predicted octanol–water partition coefficient (Wildman–Crippen LogP) is 0.869. The third kappa shape index (κ3) is 4.71. The van der Waals surface area contributed by atoms with Gasteiger partial charge in [0.1, 0.15) is 5.84 Å². The number of carbonyl (C=O) groups is 3. The molecule has 2 aliphatic rings. The molecule has 0 saturated heterocycles. The zero-order valence-electron chi connectivity index (χ0n) is 14.9. The van der Waals surface area contributed by atoms with E-state index in [1.165, 1.54) is 37.4 Å². The van der Waals surface area contributed by atoms with Gasteiger partial charge in [-0.2, -0.15) is 0 Å². The molecule has 0 bridgehead atoms. The highest BCUT2D eigenvalue weighted by molar-refractivity contribution is 7.90. The smallest absolute Gasteiger partial charge is 0.340 e. The molecule has 146 valence electrons. The third-order valence-electron chi connectivity index (χ3n) is 3.92. The van der Waals surface area contributed by atoms with Crippen molar-refractivity contribution in [3.05, 3.63) is 53.8 Å². The summed E-state index contributed by atoms with van der Waals surface area (Å²) in [6.45, 7) is 1.12. The molecular weight excluding hydrogens is 386 g/mol. The molecule has 0 spiro atoms. The minimum atomic E-state index is -3.47. The van der Waals surface area contributed by atoms with Crippen LogP contribution in [-0.2, 0) is 24.3 Å². The van der Waals surface area contributed by atoms with Gasteiger partial charge in [-0.25, -0.2) is 13.2 Å². The molecule has 1 aromatic carbocycles. The number of hydrogen-bond donors (Lipinski definition) is 1. The standard InChI is InChI=1S/C18H17N3O6S/c1-12(22)19-15-5-2-13(3-6-15)16(23)11-27-18(24)14-4-7-17-20-28(25,26)9-8-21(17)10-14/h2-7,10H,8-9,11H2,1H3,(H,19,22). The fourth-order valence-electron chi connectivity index (χ4n) is 2.56. The lowest BCUT2D eigenvalue weighted by atomic mass is 10.1. The van der Waals surface area contributed by atoms with E-state index < -0.39 is 28.4 Å².